The van der Waals surface area contributed by atoms with Gasteiger partial charge in [0, 0.05) is 31.0 Å². The van der Waals surface area contributed by atoms with Crippen LogP contribution < -0.4 is 0 Å². The van der Waals surface area contributed by atoms with Gasteiger partial charge in [0.2, 0.25) is 0 Å². The highest BCUT2D eigenvalue weighted by Gasteiger charge is 2.28. The molecule has 1 aliphatic rings. The molecule has 2 aromatic carbocycles. The van der Waals surface area contributed by atoms with Gasteiger partial charge in [0.25, 0.3) is 5.91 Å². The van der Waals surface area contributed by atoms with Crippen molar-refractivity contribution in [2.75, 3.05) is 13.1 Å². The maximum Gasteiger partial charge on any atom is 0.253 e. The summed E-state index contributed by atoms with van der Waals surface area (Å²) in [4.78, 5) is 27.1. The third-order valence-corrected chi connectivity index (χ3v) is 5.05. The minimum Gasteiger partial charge on any atom is -0.392 e. The van der Waals surface area contributed by atoms with Crippen molar-refractivity contribution in [3.05, 3.63) is 71.3 Å². The number of amides is 1. The number of rotatable bonds is 6. The van der Waals surface area contributed by atoms with E-state index in [0.29, 0.717) is 25.1 Å². The van der Waals surface area contributed by atoms with Crippen molar-refractivity contribution in [3.8, 4) is 0 Å². The molecule has 136 valence electrons. The molecule has 0 saturated carbocycles. The zero-order valence-electron chi connectivity index (χ0n) is 14.9. The molecule has 26 heavy (non-hydrogen) atoms. The molecule has 1 heterocycles. The second-order valence-electron chi connectivity index (χ2n) is 6.90. The highest BCUT2D eigenvalue weighted by Crippen LogP contribution is 2.21. The molecule has 1 atom stereocenters. The molecule has 0 aliphatic carbocycles. The molecule has 0 spiro atoms. The number of carbonyl (C=O) groups is 2. The normalized spacial score (nSPS) is 17.1. The maximum absolute atomic E-state index is 12.7. The summed E-state index contributed by atoms with van der Waals surface area (Å²) in [6.07, 6.45) is 3.01. The van der Waals surface area contributed by atoms with Crippen LogP contribution in [-0.4, -0.2) is 34.8 Å². The first kappa shape index (κ1) is 18.3. The number of piperidine rings is 1. The molecule has 1 unspecified atom stereocenters. The minimum absolute atomic E-state index is 0.0316. The van der Waals surface area contributed by atoms with E-state index >= 15 is 0 Å². The van der Waals surface area contributed by atoms with Gasteiger partial charge in [-0.25, -0.2) is 0 Å². The fourth-order valence-corrected chi connectivity index (χ4v) is 3.48. The lowest BCUT2D eigenvalue weighted by molar-refractivity contribution is -0.124. The standard InChI is InChI=1S/C22H25NO3/c24-16-18-8-11-19(12-9-18)22(26)23-14-4-7-20(15-23)21(25)13-10-17-5-2-1-3-6-17/h1-3,5-6,8-9,11-12,20,24H,4,7,10,13-16H2. The Kier molecular flexibility index (Phi) is 6.18. The van der Waals surface area contributed by atoms with Crippen LogP contribution in [0.1, 0.15) is 40.7 Å². The Morgan fingerprint density at radius 3 is 2.42 bits per heavy atom. The highest BCUT2D eigenvalue weighted by atomic mass is 16.3. The van der Waals surface area contributed by atoms with Gasteiger partial charge >= 0.3 is 0 Å². The fraction of sp³-hybridized carbons (Fsp3) is 0.364. The molecule has 4 nitrogen and oxygen atoms in total. The van der Waals surface area contributed by atoms with Crippen molar-refractivity contribution < 1.29 is 14.7 Å². The van der Waals surface area contributed by atoms with Gasteiger partial charge in [0.05, 0.1) is 6.61 Å². The first-order valence-electron chi connectivity index (χ1n) is 9.23. The average molecular weight is 351 g/mol. The van der Waals surface area contributed by atoms with Gasteiger partial charge < -0.3 is 10.0 Å². The first-order valence-corrected chi connectivity index (χ1v) is 9.23. The second kappa shape index (κ2) is 8.77. The van der Waals surface area contributed by atoms with E-state index < -0.39 is 0 Å². The molecule has 2 aromatic rings. The summed E-state index contributed by atoms with van der Waals surface area (Å²) in [5.74, 6) is 0.158. The number of hydrogen-bond donors (Lipinski definition) is 1. The van der Waals surface area contributed by atoms with Gasteiger partial charge in [-0.3, -0.25) is 9.59 Å². The van der Waals surface area contributed by atoms with E-state index in [9.17, 15) is 9.59 Å². The number of ketones is 1. The third kappa shape index (κ3) is 4.58. The van der Waals surface area contributed by atoms with Crippen molar-refractivity contribution in [2.45, 2.75) is 32.3 Å². The average Bonchev–Trinajstić information content (AvgIpc) is 2.72. The van der Waals surface area contributed by atoms with Gasteiger partial charge in [-0.05, 0) is 42.5 Å². The van der Waals surface area contributed by atoms with Crippen molar-refractivity contribution >= 4 is 11.7 Å². The lowest BCUT2D eigenvalue weighted by Gasteiger charge is -2.32. The molecule has 3 rings (SSSR count). The summed E-state index contributed by atoms with van der Waals surface area (Å²) in [6.45, 7) is 1.17. The maximum atomic E-state index is 12.7. The number of carbonyl (C=O) groups excluding carboxylic acids is 2. The number of aryl methyl sites for hydroxylation is 1. The largest absolute Gasteiger partial charge is 0.392 e. The van der Waals surface area contributed by atoms with E-state index in [1.807, 2.05) is 30.3 Å². The molecule has 1 aliphatic heterocycles. The number of likely N-dealkylation sites (tertiary alicyclic amines) is 1. The topological polar surface area (TPSA) is 57.6 Å². The van der Waals surface area contributed by atoms with Crippen LogP contribution in [0.2, 0.25) is 0 Å². The first-order chi connectivity index (χ1) is 12.7. The van der Waals surface area contributed by atoms with Crippen molar-refractivity contribution in [1.82, 2.24) is 4.90 Å². The van der Waals surface area contributed by atoms with Crippen LogP contribution in [0.5, 0.6) is 0 Å². The number of aliphatic hydroxyl groups excluding tert-OH is 1. The highest BCUT2D eigenvalue weighted by molar-refractivity contribution is 5.94. The van der Waals surface area contributed by atoms with Gasteiger partial charge in [-0.2, -0.15) is 0 Å². The summed E-state index contributed by atoms with van der Waals surface area (Å²) < 4.78 is 0. The van der Waals surface area contributed by atoms with Crippen LogP contribution in [0.3, 0.4) is 0 Å². The van der Waals surface area contributed by atoms with Gasteiger partial charge in [0.1, 0.15) is 5.78 Å². The monoisotopic (exact) mass is 351 g/mol. The Morgan fingerprint density at radius 1 is 1.00 bits per heavy atom. The Labute approximate surface area is 154 Å². The summed E-state index contributed by atoms with van der Waals surface area (Å²) in [5.41, 5.74) is 2.57. The summed E-state index contributed by atoms with van der Waals surface area (Å²) in [5, 5.41) is 9.11. The minimum atomic E-state index is -0.0619. The molecular weight excluding hydrogens is 326 g/mol. The smallest absolute Gasteiger partial charge is 0.253 e. The molecule has 1 saturated heterocycles. The second-order valence-corrected chi connectivity index (χ2v) is 6.90. The summed E-state index contributed by atoms with van der Waals surface area (Å²) in [6, 6.07) is 17.1. The Balaban J connectivity index is 1.57. The predicted molar refractivity (Wildman–Crippen MR) is 101 cm³/mol. The molecular formula is C22H25NO3. The van der Waals surface area contributed by atoms with Gasteiger partial charge in [0.15, 0.2) is 0 Å². The quantitative estimate of drug-likeness (QED) is 0.869. The van der Waals surface area contributed by atoms with Crippen molar-refractivity contribution in [2.24, 2.45) is 5.92 Å². The van der Waals surface area contributed by atoms with Gasteiger partial charge in [-0.15, -0.1) is 0 Å². The molecule has 0 aromatic heterocycles. The number of aliphatic hydroxyl groups is 1. The zero-order valence-corrected chi connectivity index (χ0v) is 14.9. The van der Waals surface area contributed by atoms with E-state index in [-0.39, 0.29) is 24.2 Å². The molecule has 1 fully saturated rings. The van der Waals surface area contributed by atoms with E-state index in [1.54, 1.807) is 29.2 Å². The van der Waals surface area contributed by atoms with E-state index in [4.69, 9.17) is 5.11 Å². The Hall–Kier alpha value is -2.46. The van der Waals surface area contributed by atoms with Gasteiger partial charge in [-0.1, -0.05) is 42.5 Å². The van der Waals surface area contributed by atoms with Crippen LogP contribution in [-0.2, 0) is 17.8 Å². The fourth-order valence-electron chi connectivity index (χ4n) is 3.48. The van der Waals surface area contributed by atoms with E-state index in [0.717, 1.165) is 24.8 Å². The van der Waals surface area contributed by atoms with E-state index in [1.165, 1.54) is 5.56 Å². The van der Waals surface area contributed by atoms with E-state index in [2.05, 4.69) is 0 Å². The molecule has 1 amide bonds. The lowest BCUT2D eigenvalue weighted by Crippen LogP contribution is -2.42. The Bertz CT molecular complexity index is 740. The Morgan fingerprint density at radius 2 is 1.73 bits per heavy atom. The number of benzene rings is 2. The molecule has 0 bridgehead atoms. The van der Waals surface area contributed by atoms with Crippen LogP contribution in [0.15, 0.2) is 54.6 Å². The van der Waals surface area contributed by atoms with Crippen molar-refractivity contribution in [3.63, 3.8) is 0 Å². The van der Waals surface area contributed by atoms with Crippen LogP contribution >= 0.6 is 0 Å². The van der Waals surface area contributed by atoms with Crippen LogP contribution in [0.4, 0.5) is 0 Å². The molecule has 0 radical (unpaired) electrons. The molecule has 4 heteroatoms. The van der Waals surface area contributed by atoms with Crippen molar-refractivity contribution in [1.29, 1.82) is 0 Å². The lowest BCUT2D eigenvalue weighted by atomic mass is 9.90. The zero-order chi connectivity index (χ0) is 18.4. The number of hydrogen-bond acceptors (Lipinski definition) is 3. The summed E-state index contributed by atoms with van der Waals surface area (Å²) in [7, 11) is 0. The SMILES string of the molecule is O=C(CCc1ccccc1)C1CCCN(C(=O)c2ccc(CO)cc2)C1. The number of nitrogens with zero attached hydrogens (tertiary/aromatic N) is 1. The van der Waals surface area contributed by atoms with Crippen LogP contribution in [0, 0.1) is 5.92 Å². The molecule has 1 N–H and O–H groups in total. The predicted octanol–water partition coefficient (Wildman–Crippen LogP) is 3.23. The number of Topliss-reactive ketones (excluding diaryl/α,β-unsaturated/α-hetero) is 1. The third-order valence-electron chi connectivity index (χ3n) is 5.05. The summed E-state index contributed by atoms with van der Waals surface area (Å²) >= 11 is 0. The van der Waals surface area contributed by atoms with Crippen LogP contribution in [0.25, 0.3) is 0 Å².